The predicted octanol–water partition coefficient (Wildman–Crippen LogP) is 6.23. The van der Waals surface area contributed by atoms with Gasteiger partial charge < -0.3 is 34.9 Å². The Morgan fingerprint density at radius 3 is 2.54 bits per heavy atom. The maximum Gasteiger partial charge on any atom is 0.301 e. The molecule has 61 heavy (non-hydrogen) atoms. The Morgan fingerprint density at radius 1 is 1.00 bits per heavy atom. The molecule has 3 aromatic heterocycles. The van der Waals surface area contributed by atoms with Crippen LogP contribution in [0.25, 0.3) is 21.8 Å². The number of rotatable bonds is 8. The van der Waals surface area contributed by atoms with Crippen molar-refractivity contribution in [2.24, 2.45) is 25.4 Å². The van der Waals surface area contributed by atoms with Gasteiger partial charge in [0.25, 0.3) is 5.56 Å². The molecule has 2 saturated heterocycles. The average molecular weight is 857 g/mol. The fourth-order valence-electron chi connectivity index (χ4n) is 10.1. The SMILES string of the molecule is CO[C@]1(C)CC2(CC[C@H]1Nc1ccc3c(C4CCC(=O)NC4=O)nn(C)c3c1)CN(c1ncc(Cl)c(Nc3ccc4c(c3)c3c(c(=O)n4C)OCC(F)(F)[C@H](C4CC4)N3)n1)C2. The Labute approximate surface area is 354 Å². The second-order valence-electron chi connectivity index (χ2n) is 17.8. The summed E-state index contributed by atoms with van der Waals surface area (Å²) in [7, 11) is 5.22. The molecule has 5 aliphatic rings. The number of carbonyl (C=O) groups is 2. The second kappa shape index (κ2) is 14.3. The fraction of sp³-hybridized carbons (Fsp3) is 0.488. The highest BCUT2D eigenvalue weighted by molar-refractivity contribution is 6.33. The van der Waals surface area contributed by atoms with E-state index in [1.54, 1.807) is 43.2 Å². The zero-order valence-electron chi connectivity index (χ0n) is 34.3. The highest BCUT2D eigenvalue weighted by Gasteiger charge is 2.54. The normalized spacial score (nSPS) is 25.6. The van der Waals surface area contributed by atoms with Gasteiger partial charge in [0, 0.05) is 68.3 Å². The molecule has 3 aliphatic heterocycles. The summed E-state index contributed by atoms with van der Waals surface area (Å²) in [6, 6.07) is 10.3. The second-order valence-corrected chi connectivity index (χ2v) is 18.2. The van der Waals surface area contributed by atoms with Gasteiger partial charge in [-0.15, -0.1) is 0 Å². The van der Waals surface area contributed by atoms with Crippen molar-refractivity contribution in [2.75, 3.05) is 47.7 Å². The van der Waals surface area contributed by atoms with Crippen molar-refractivity contribution < 1.29 is 27.8 Å². The number of alkyl halides is 2. The lowest BCUT2D eigenvalue weighted by molar-refractivity contribution is -0.134. The number of ether oxygens (including phenoxy) is 2. The third kappa shape index (κ3) is 6.80. The molecule has 320 valence electrons. The van der Waals surface area contributed by atoms with Gasteiger partial charge in [-0.25, -0.2) is 13.8 Å². The van der Waals surface area contributed by atoms with E-state index in [4.69, 9.17) is 31.2 Å². The molecule has 10 rings (SSSR count). The number of benzene rings is 2. The van der Waals surface area contributed by atoms with Gasteiger partial charge in [-0.05, 0) is 87.8 Å². The molecule has 0 radical (unpaired) electrons. The lowest BCUT2D eigenvalue weighted by Gasteiger charge is -2.58. The van der Waals surface area contributed by atoms with Crippen LogP contribution in [0.15, 0.2) is 47.4 Å². The van der Waals surface area contributed by atoms with E-state index in [9.17, 15) is 14.4 Å². The molecule has 5 aromatic rings. The highest BCUT2D eigenvalue weighted by atomic mass is 35.5. The van der Waals surface area contributed by atoms with Crippen molar-refractivity contribution in [2.45, 2.75) is 81.4 Å². The molecule has 1 unspecified atom stereocenters. The topological polar surface area (TPSA) is 170 Å². The summed E-state index contributed by atoms with van der Waals surface area (Å²) in [6.45, 7) is 2.75. The number of fused-ring (bicyclic) bond motifs is 4. The van der Waals surface area contributed by atoms with Crippen LogP contribution in [0.5, 0.6) is 5.75 Å². The number of imide groups is 1. The van der Waals surface area contributed by atoms with Gasteiger partial charge in [0.1, 0.15) is 5.02 Å². The number of amides is 2. The van der Waals surface area contributed by atoms with E-state index >= 15 is 8.78 Å². The van der Waals surface area contributed by atoms with Gasteiger partial charge in [-0.3, -0.25) is 24.4 Å². The van der Waals surface area contributed by atoms with Crippen LogP contribution in [-0.4, -0.2) is 86.5 Å². The monoisotopic (exact) mass is 856 g/mol. The van der Waals surface area contributed by atoms with Gasteiger partial charge in [-0.2, -0.15) is 10.1 Å². The molecule has 2 saturated carbocycles. The molecule has 4 atom stereocenters. The largest absolute Gasteiger partial charge is 0.480 e. The van der Waals surface area contributed by atoms with E-state index < -0.39 is 35.6 Å². The number of hydrogen-bond donors (Lipinski definition) is 4. The molecule has 2 amide bonds. The van der Waals surface area contributed by atoms with Crippen molar-refractivity contribution in [3.8, 4) is 5.75 Å². The molecular formula is C43H47ClF2N10O5. The van der Waals surface area contributed by atoms with Crippen molar-refractivity contribution >= 4 is 74.0 Å². The fourth-order valence-corrected chi connectivity index (χ4v) is 10.3. The van der Waals surface area contributed by atoms with Crippen molar-refractivity contribution in [3.63, 3.8) is 0 Å². The smallest absolute Gasteiger partial charge is 0.301 e. The maximum atomic E-state index is 15.2. The molecule has 2 aliphatic carbocycles. The minimum absolute atomic E-state index is 0.0152. The van der Waals surface area contributed by atoms with Crippen LogP contribution in [0, 0.1) is 11.3 Å². The van der Waals surface area contributed by atoms with Crippen LogP contribution in [-0.2, 0) is 28.4 Å². The summed E-state index contributed by atoms with van der Waals surface area (Å²) in [5.41, 5.74) is 2.94. The number of hydrogen-bond acceptors (Lipinski definition) is 12. The Morgan fingerprint density at radius 2 is 1.79 bits per heavy atom. The number of methoxy groups -OCH3 is 1. The Bertz CT molecular complexity index is 2700. The molecule has 2 aromatic carbocycles. The van der Waals surface area contributed by atoms with E-state index in [1.807, 2.05) is 19.2 Å². The standard InChI is InChI=1S/C43H47ClF2N10O5/c1-41(60-4)18-42(14-13-31(41)48-24-7-9-25-30(16-24)55(3)53-33(25)26-10-12-32(57)50-38(26)58)19-56(20-42)40-47-17-28(44)37(52-40)49-23-8-11-29-27(15-23)34-35(39(59)54(29)2)61-21-43(45,46)36(51-34)22-5-6-22/h7-9,11,15-17,22,26,31,36,48,51H,5-6,10,12-14,18-21H2,1-4H3,(H,47,49,52)(H,50,57,58)/t26?,31-,36+,41-/m1/s1. The van der Waals surface area contributed by atoms with E-state index in [0.29, 0.717) is 64.8 Å². The van der Waals surface area contributed by atoms with Crippen molar-refractivity contribution in [1.29, 1.82) is 0 Å². The number of carbonyl (C=O) groups excluding carboxylic acids is 2. The quantitative estimate of drug-likeness (QED) is 0.130. The number of pyridine rings is 1. The zero-order chi connectivity index (χ0) is 42.6. The van der Waals surface area contributed by atoms with E-state index in [2.05, 4.69) is 44.1 Å². The van der Waals surface area contributed by atoms with E-state index in [-0.39, 0.29) is 40.6 Å². The molecule has 18 heteroatoms. The summed E-state index contributed by atoms with van der Waals surface area (Å²) in [4.78, 5) is 49.2. The highest BCUT2D eigenvalue weighted by Crippen LogP contribution is 2.51. The molecule has 4 fully saturated rings. The third-order valence-corrected chi connectivity index (χ3v) is 13.9. The maximum absolute atomic E-state index is 15.2. The number of anilines is 5. The first-order valence-electron chi connectivity index (χ1n) is 20.7. The molecule has 6 heterocycles. The van der Waals surface area contributed by atoms with Crippen LogP contribution >= 0.6 is 11.6 Å². The first kappa shape index (κ1) is 39.6. The van der Waals surface area contributed by atoms with Crippen LogP contribution in [0.3, 0.4) is 0 Å². The van der Waals surface area contributed by atoms with Gasteiger partial charge in [0.05, 0.1) is 52.2 Å². The Balaban J connectivity index is 0.837. The predicted molar refractivity (Wildman–Crippen MR) is 227 cm³/mol. The molecular weight excluding hydrogens is 810 g/mol. The summed E-state index contributed by atoms with van der Waals surface area (Å²) in [5, 5.41) is 19.0. The lowest BCUT2D eigenvalue weighted by Crippen LogP contribution is -2.65. The van der Waals surface area contributed by atoms with Crippen molar-refractivity contribution in [3.05, 3.63) is 63.7 Å². The zero-order valence-corrected chi connectivity index (χ0v) is 35.0. The first-order chi connectivity index (χ1) is 29.1. The molecule has 15 nitrogen and oxygen atoms in total. The number of nitrogens with one attached hydrogen (secondary N) is 4. The summed E-state index contributed by atoms with van der Waals surface area (Å²) in [6.07, 6.45) is 6.32. The molecule has 4 N–H and O–H groups in total. The number of nitrogens with zero attached hydrogens (tertiary/aromatic N) is 6. The van der Waals surface area contributed by atoms with Crippen LogP contribution < -0.4 is 36.5 Å². The summed E-state index contributed by atoms with van der Waals surface area (Å²) < 4.78 is 45.4. The summed E-state index contributed by atoms with van der Waals surface area (Å²) in [5.74, 6) is -3.57. The molecule has 0 bridgehead atoms. The first-order valence-corrected chi connectivity index (χ1v) is 21.1. The number of piperidine rings is 1. The number of aromatic nitrogens is 5. The van der Waals surface area contributed by atoms with Gasteiger partial charge in [-0.1, -0.05) is 11.6 Å². The summed E-state index contributed by atoms with van der Waals surface area (Å²) >= 11 is 6.65. The number of aryl methyl sites for hydroxylation is 2. The van der Waals surface area contributed by atoms with Gasteiger partial charge in [0.15, 0.2) is 12.4 Å². The number of halogens is 3. The van der Waals surface area contributed by atoms with E-state index in [1.165, 1.54) is 4.57 Å². The lowest BCUT2D eigenvalue weighted by atomic mass is 9.62. The Kier molecular flexibility index (Phi) is 9.25. The van der Waals surface area contributed by atoms with Crippen LogP contribution in [0.4, 0.5) is 37.6 Å². The van der Waals surface area contributed by atoms with Gasteiger partial charge >= 0.3 is 5.92 Å². The van der Waals surface area contributed by atoms with E-state index in [0.717, 1.165) is 48.9 Å². The van der Waals surface area contributed by atoms with Gasteiger partial charge in [0.2, 0.25) is 23.5 Å². The minimum atomic E-state index is -3.14. The third-order valence-electron chi connectivity index (χ3n) is 13.6. The Hall–Kier alpha value is -5.55. The molecule has 1 spiro atoms. The average Bonchev–Trinajstić information content (AvgIpc) is 4.03. The minimum Gasteiger partial charge on any atom is -0.480 e. The van der Waals surface area contributed by atoms with Crippen molar-refractivity contribution in [1.82, 2.24) is 29.6 Å². The van der Waals surface area contributed by atoms with Crippen LogP contribution in [0.2, 0.25) is 5.02 Å². The van der Waals surface area contributed by atoms with Crippen LogP contribution in [0.1, 0.15) is 63.5 Å².